The number of rotatable bonds is 3. The molecule has 0 radical (unpaired) electrons. The molecular formula is C22H19NOS. The summed E-state index contributed by atoms with van der Waals surface area (Å²) < 4.78 is 0. The highest BCUT2D eigenvalue weighted by Crippen LogP contribution is 2.33. The predicted octanol–water partition coefficient (Wildman–Crippen LogP) is 4.94. The second-order valence-corrected chi connectivity index (χ2v) is 7.05. The van der Waals surface area contributed by atoms with E-state index in [1.165, 1.54) is 16.7 Å². The Morgan fingerprint density at radius 2 is 1.84 bits per heavy atom. The van der Waals surface area contributed by atoms with Crippen LogP contribution in [-0.4, -0.2) is 17.4 Å². The zero-order valence-electron chi connectivity index (χ0n) is 13.8. The predicted molar refractivity (Wildman–Crippen MR) is 103 cm³/mol. The number of amides is 1. The molecule has 1 aliphatic heterocycles. The number of thiophene rings is 1. The molecule has 0 saturated heterocycles. The fourth-order valence-electron chi connectivity index (χ4n) is 3.39. The average Bonchev–Trinajstić information content (AvgIpc) is 3.19. The molecule has 0 spiro atoms. The van der Waals surface area contributed by atoms with E-state index in [1.807, 2.05) is 33.9 Å². The number of nitrogens with zero attached hydrogens (tertiary/aromatic N) is 1. The Morgan fingerprint density at radius 1 is 1.04 bits per heavy atom. The molecule has 25 heavy (non-hydrogen) atoms. The van der Waals surface area contributed by atoms with Crippen LogP contribution in [0, 0.1) is 0 Å². The Morgan fingerprint density at radius 3 is 2.64 bits per heavy atom. The molecule has 0 bridgehead atoms. The molecule has 1 atom stereocenters. The summed E-state index contributed by atoms with van der Waals surface area (Å²) in [5, 5.41) is 4.06. The molecule has 124 valence electrons. The third kappa shape index (κ3) is 3.42. The molecular weight excluding hydrogens is 326 g/mol. The van der Waals surface area contributed by atoms with Gasteiger partial charge in [0.25, 0.3) is 0 Å². The van der Waals surface area contributed by atoms with Crippen LogP contribution in [-0.2, 0) is 11.3 Å². The van der Waals surface area contributed by atoms with Crippen molar-refractivity contribution >= 4 is 23.3 Å². The molecule has 1 unspecified atom stereocenters. The van der Waals surface area contributed by atoms with Crippen molar-refractivity contribution in [2.45, 2.75) is 12.5 Å². The van der Waals surface area contributed by atoms with Crippen molar-refractivity contribution in [1.29, 1.82) is 0 Å². The first-order valence-corrected chi connectivity index (χ1v) is 9.37. The monoisotopic (exact) mass is 345 g/mol. The molecule has 0 aliphatic carbocycles. The number of benzene rings is 2. The van der Waals surface area contributed by atoms with E-state index in [9.17, 15) is 4.79 Å². The highest BCUT2D eigenvalue weighted by molar-refractivity contribution is 7.08. The van der Waals surface area contributed by atoms with E-state index in [-0.39, 0.29) is 11.8 Å². The van der Waals surface area contributed by atoms with Gasteiger partial charge in [-0.15, -0.1) is 0 Å². The summed E-state index contributed by atoms with van der Waals surface area (Å²) in [7, 11) is 0. The first-order chi connectivity index (χ1) is 12.3. The number of carbonyl (C=O) groups is 1. The van der Waals surface area contributed by atoms with Gasteiger partial charge in [0, 0.05) is 25.1 Å². The fraction of sp³-hybridized carbons (Fsp3) is 0.136. The molecule has 0 fully saturated rings. The van der Waals surface area contributed by atoms with Crippen LogP contribution in [0.1, 0.15) is 28.2 Å². The molecule has 1 aliphatic rings. The lowest BCUT2D eigenvalue weighted by atomic mass is 9.84. The van der Waals surface area contributed by atoms with Crippen molar-refractivity contribution in [3.63, 3.8) is 0 Å². The third-order valence-electron chi connectivity index (χ3n) is 4.67. The van der Waals surface area contributed by atoms with Gasteiger partial charge < -0.3 is 4.90 Å². The van der Waals surface area contributed by atoms with E-state index in [1.54, 1.807) is 17.4 Å². The maximum Gasteiger partial charge on any atom is 0.246 e. The van der Waals surface area contributed by atoms with Gasteiger partial charge in [-0.3, -0.25) is 4.79 Å². The Labute approximate surface area is 152 Å². The average molecular weight is 345 g/mol. The van der Waals surface area contributed by atoms with E-state index in [2.05, 4.69) is 48.5 Å². The Balaban J connectivity index is 1.62. The molecule has 4 rings (SSSR count). The van der Waals surface area contributed by atoms with E-state index >= 15 is 0 Å². The lowest BCUT2D eigenvalue weighted by Crippen LogP contribution is -2.37. The molecule has 0 saturated carbocycles. The molecule has 1 amide bonds. The minimum atomic E-state index is 0.0710. The van der Waals surface area contributed by atoms with Crippen LogP contribution in [0.25, 0.3) is 6.08 Å². The zero-order valence-corrected chi connectivity index (χ0v) is 14.7. The second kappa shape index (κ2) is 7.08. The molecule has 3 heteroatoms. The SMILES string of the molecule is O=C(/C=C/c1ccsc1)N1Cc2ccccc2C(c2ccccc2)C1. The lowest BCUT2D eigenvalue weighted by Gasteiger charge is -2.34. The maximum absolute atomic E-state index is 12.7. The largest absolute Gasteiger partial charge is 0.334 e. The first-order valence-electron chi connectivity index (χ1n) is 8.43. The van der Waals surface area contributed by atoms with E-state index < -0.39 is 0 Å². The van der Waals surface area contributed by atoms with Crippen LogP contribution in [0.5, 0.6) is 0 Å². The van der Waals surface area contributed by atoms with Gasteiger partial charge in [-0.25, -0.2) is 0 Å². The van der Waals surface area contributed by atoms with Crippen LogP contribution in [0.4, 0.5) is 0 Å². The summed E-state index contributed by atoms with van der Waals surface area (Å²) >= 11 is 1.64. The Bertz CT molecular complexity index is 883. The van der Waals surface area contributed by atoms with Gasteiger partial charge in [0.1, 0.15) is 0 Å². The minimum absolute atomic E-state index is 0.0710. The van der Waals surface area contributed by atoms with Crippen LogP contribution in [0.2, 0.25) is 0 Å². The van der Waals surface area contributed by atoms with Crippen molar-refractivity contribution in [3.05, 3.63) is 99.8 Å². The molecule has 2 aromatic carbocycles. The smallest absolute Gasteiger partial charge is 0.246 e. The van der Waals surface area contributed by atoms with Crippen molar-refractivity contribution in [2.75, 3.05) is 6.54 Å². The van der Waals surface area contributed by atoms with Gasteiger partial charge in [0.15, 0.2) is 0 Å². The summed E-state index contributed by atoms with van der Waals surface area (Å²) in [5.41, 5.74) is 4.91. The molecule has 0 N–H and O–H groups in total. The van der Waals surface area contributed by atoms with E-state index in [0.717, 1.165) is 5.56 Å². The van der Waals surface area contributed by atoms with Gasteiger partial charge in [0.05, 0.1) is 0 Å². The number of carbonyl (C=O) groups excluding carboxylic acids is 1. The number of hydrogen-bond donors (Lipinski definition) is 0. The molecule has 3 aromatic rings. The minimum Gasteiger partial charge on any atom is -0.334 e. The lowest BCUT2D eigenvalue weighted by molar-refractivity contribution is -0.127. The standard InChI is InChI=1S/C22H19NOS/c24-22(11-10-17-12-13-25-16-17)23-14-19-8-4-5-9-20(19)21(15-23)18-6-2-1-3-7-18/h1-13,16,21H,14-15H2/b11-10+. The molecule has 2 heterocycles. The van der Waals surface area contributed by atoms with Crippen LogP contribution in [0.15, 0.2) is 77.5 Å². The summed E-state index contributed by atoms with van der Waals surface area (Å²) in [5.74, 6) is 0.297. The summed E-state index contributed by atoms with van der Waals surface area (Å²) in [4.78, 5) is 14.7. The zero-order chi connectivity index (χ0) is 17.1. The van der Waals surface area contributed by atoms with Gasteiger partial charge in [0.2, 0.25) is 5.91 Å². The summed E-state index contributed by atoms with van der Waals surface area (Å²) in [6.07, 6.45) is 3.59. The highest BCUT2D eigenvalue weighted by Gasteiger charge is 2.27. The van der Waals surface area contributed by atoms with Crippen LogP contribution in [0.3, 0.4) is 0 Å². The number of hydrogen-bond acceptors (Lipinski definition) is 2. The molecule has 1 aromatic heterocycles. The number of fused-ring (bicyclic) bond motifs is 1. The summed E-state index contributed by atoms with van der Waals surface area (Å²) in [6, 6.07) is 20.9. The maximum atomic E-state index is 12.7. The van der Waals surface area contributed by atoms with Gasteiger partial charge >= 0.3 is 0 Å². The van der Waals surface area contributed by atoms with Gasteiger partial charge in [-0.2, -0.15) is 11.3 Å². The molecule has 2 nitrogen and oxygen atoms in total. The fourth-order valence-corrected chi connectivity index (χ4v) is 4.02. The van der Waals surface area contributed by atoms with Crippen molar-refractivity contribution < 1.29 is 4.79 Å². The van der Waals surface area contributed by atoms with E-state index in [4.69, 9.17) is 0 Å². The normalized spacial score (nSPS) is 16.8. The first kappa shape index (κ1) is 15.9. The quantitative estimate of drug-likeness (QED) is 0.616. The third-order valence-corrected chi connectivity index (χ3v) is 5.37. The highest BCUT2D eigenvalue weighted by atomic mass is 32.1. The Hall–Kier alpha value is -2.65. The van der Waals surface area contributed by atoms with Gasteiger partial charge in [-0.1, -0.05) is 54.6 Å². The van der Waals surface area contributed by atoms with Crippen molar-refractivity contribution in [3.8, 4) is 0 Å². The van der Waals surface area contributed by atoms with Crippen LogP contribution >= 0.6 is 11.3 Å². The van der Waals surface area contributed by atoms with Crippen LogP contribution < -0.4 is 0 Å². The van der Waals surface area contributed by atoms with E-state index in [0.29, 0.717) is 13.1 Å². The van der Waals surface area contributed by atoms with Gasteiger partial charge in [-0.05, 0) is 45.2 Å². The van der Waals surface area contributed by atoms with Crippen molar-refractivity contribution in [1.82, 2.24) is 4.90 Å². The van der Waals surface area contributed by atoms with Crippen molar-refractivity contribution in [2.24, 2.45) is 0 Å². The Kier molecular flexibility index (Phi) is 4.49. The second-order valence-electron chi connectivity index (χ2n) is 6.27. The summed E-state index contributed by atoms with van der Waals surface area (Å²) in [6.45, 7) is 1.39. The topological polar surface area (TPSA) is 20.3 Å².